The van der Waals surface area contributed by atoms with E-state index in [1.54, 1.807) is 43.2 Å². The van der Waals surface area contributed by atoms with Crippen LogP contribution in [-0.4, -0.2) is 167 Å². The minimum atomic E-state index is -1.29. The summed E-state index contributed by atoms with van der Waals surface area (Å²) in [6, 6.07) is -2.83. The molecule has 0 bridgehead atoms. The first-order valence-corrected chi connectivity index (χ1v) is 34.5. The molecule has 0 spiro atoms. The summed E-state index contributed by atoms with van der Waals surface area (Å²) < 4.78 is 6.69. The van der Waals surface area contributed by atoms with E-state index < -0.39 is 41.7 Å². The second kappa shape index (κ2) is 105. The Balaban J connectivity index is -0.000000157. The summed E-state index contributed by atoms with van der Waals surface area (Å²) in [5.41, 5.74) is 0. The molecule has 0 aliphatic rings. The summed E-state index contributed by atoms with van der Waals surface area (Å²) in [6.45, 7) is 12.6. The van der Waals surface area contributed by atoms with Gasteiger partial charge in [-0.2, -0.15) is 13.5 Å². The lowest BCUT2D eigenvalue weighted by atomic mass is 10.1. The molecule has 0 aliphatic carbocycles. The van der Waals surface area contributed by atoms with Gasteiger partial charge in [0.25, 0.3) is 12.9 Å². The molecular weight excluding hydrogens is 1230 g/mol. The molecule has 12 N–H and O–H groups in total. The van der Waals surface area contributed by atoms with Crippen molar-refractivity contribution in [3.63, 3.8) is 0 Å². The molecule has 506 valence electrons. The largest absolute Gasteiger partial charge is 0.483 e. The van der Waals surface area contributed by atoms with E-state index in [9.17, 15) is 53.4 Å². The van der Waals surface area contributed by atoms with E-state index in [0.29, 0.717) is 45.1 Å². The van der Waals surface area contributed by atoms with Gasteiger partial charge in [-0.25, -0.2) is 9.59 Å². The summed E-state index contributed by atoms with van der Waals surface area (Å²) in [7, 11) is 10.4. The van der Waals surface area contributed by atoms with E-state index in [0.717, 1.165) is 58.2 Å². The molecule has 0 aromatic heterocycles. The fourth-order valence-electron chi connectivity index (χ4n) is 5.65. The summed E-state index contributed by atoms with van der Waals surface area (Å²) >= 11 is 2.53. The summed E-state index contributed by atoms with van der Waals surface area (Å²) in [5.74, 6) is -4.58. The lowest BCUT2D eigenvalue weighted by Crippen LogP contribution is -2.42. The average molecular weight is 1350 g/mol. The number of aliphatic carboxylic acids is 2. The molecule has 0 aromatic carbocycles. The number of rotatable bonds is 41. The predicted molar refractivity (Wildman–Crippen MR) is 360 cm³/mol. The first-order valence-electron chi connectivity index (χ1n) is 27.6. The zero-order chi connectivity index (χ0) is 65.5. The van der Waals surface area contributed by atoms with Gasteiger partial charge in [0, 0.05) is 65.3 Å². The predicted octanol–water partition coefficient (Wildman–Crippen LogP) is 9.37. The molecule has 0 heterocycles. The minimum Gasteiger partial charge on any atom is -0.483 e. The second-order valence-electron chi connectivity index (χ2n) is 15.8. The molecule has 4 atom stereocenters. The van der Waals surface area contributed by atoms with Gasteiger partial charge >= 0.3 is 11.9 Å². The van der Waals surface area contributed by atoms with Crippen molar-refractivity contribution in [2.45, 2.75) is 220 Å². The zero-order valence-corrected chi connectivity index (χ0v) is 58.4. The monoisotopic (exact) mass is 1350 g/mol. The molecule has 0 saturated heterocycles. The maximum absolute atomic E-state index is 12.3. The number of aliphatic hydroxyl groups is 1. The van der Waals surface area contributed by atoms with Crippen molar-refractivity contribution in [3.8, 4) is 0 Å². The lowest BCUT2D eigenvalue weighted by Gasteiger charge is -2.15. The molecule has 84 heavy (non-hydrogen) atoms. The van der Waals surface area contributed by atoms with Crippen molar-refractivity contribution in [2.24, 2.45) is 0 Å². The second-order valence-corrected chi connectivity index (χ2v) is 21.4. The molecule has 0 aromatic rings. The highest BCUT2D eigenvalue weighted by atomic mass is 33.1. The quantitative estimate of drug-likeness (QED) is 0.00676. The summed E-state index contributed by atoms with van der Waals surface area (Å²) in [5, 5.41) is 55.3. The van der Waals surface area contributed by atoms with Crippen molar-refractivity contribution < 1.29 is 87.5 Å². The number of amides is 5. The Morgan fingerprint density at radius 3 is 1.04 bits per heavy atom. The van der Waals surface area contributed by atoms with E-state index in [4.69, 9.17) is 29.5 Å². The van der Waals surface area contributed by atoms with E-state index in [2.05, 4.69) is 92.8 Å². The van der Waals surface area contributed by atoms with Crippen LogP contribution in [0.25, 0.3) is 0 Å². The molecule has 0 radical (unpaired) electrons. The van der Waals surface area contributed by atoms with Gasteiger partial charge in [-0.3, -0.25) is 43.4 Å². The topological polar surface area (TPSA) is 381 Å². The average Bonchev–Trinajstić information content (AvgIpc) is 3.49. The van der Waals surface area contributed by atoms with Gasteiger partial charge in [0.1, 0.15) is 24.7 Å². The normalized spacial score (nSPS) is 9.89. The highest BCUT2D eigenvalue weighted by Gasteiger charge is 2.22. The van der Waals surface area contributed by atoms with Gasteiger partial charge in [0.2, 0.25) is 29.5 Å². The Bertz CT molecular complexity index is 1420. The zero-order valence-electron chi connectivity index (χ0n) is 52.1. The molecular formula is C53H114FN6O17PS6. The number of aldehydes is 2. The molecule has 0 aliphatic heterocycles. The Morgan fingerprint density at radius 2 is 0.762 bits per heavy atom. The molecule has 4 unspecified atom stereocenters. The van der Waals surface area contributed by atoms with Gasteiger partial charge in [-0.15, -0.1) is 0 Å². The smallest absolute Gasteiger partial charge is 0.326 e. The van der Waals surface area contributed by atoms with Crippen LogP contribution in [0.4, 0.5) is 4.70 Å². The maximum atomic E-state index is 12.3. The van der Waals surface area contributed by atoms with E-state index >= 15 is 0 Å². The highest BCUT2D eigenvalue weighted by Crippen LogP contribution is 2.12. The first-order chi connectivity index (χ1) is 39.5. The van der Waals surface area contributed by atoms with Gasteiger partial charge in [-0.1, -0.05) is 158 Å². The fourth-order valence-corrected chi connectivity index (χ4v) is 5.90. The number of halogens is 1. The van der Waals surface area contributed by atoms with Crippen LogP contribution in [0.2, 0.25) is 0 Å². The van der Waals surface area contributed by atoms with Gasteiger partial charge < -0.3 is 66.3 Å². The molecule has 0 saturated carbocycles. The van der Waals surface area contributed by atoms with Crippen LogP contribution in [-0.2, 0) is 52.7 Å². The number of nitrogens with one attached hydrogen (secondary N) is 6. The Labute approximate surface area is 534 Å². The summed E-state index contributed by atoms with van der Waals surface area (Å²) in [4.78, 5) is 122. The summed E-state index contributed by atoms with van der Waals surface area (Å²) in [6.07, 6.45) is 26.4. The molecule has 0 rings (SSSR count). The van der Waals surface area contributed by atoms with Crippen molar-refractivity contribution in [2.75, 3.05) is 51.8 Å². The van der Waals surface area contributed by atoms with Crippen molar-refractivity contribution >= 4 is 146 Å². The van der Waals surface area contributed by atoms with Crippen LogP contribution in [0.5, 0.6) is 0 Å². The van der Waals surface area contributed by atoms with Crippen LogP contribution in [0.1, 0.15) is 202 Å². The van der Waals surface area contributed by atoms with E-state index in [-0.39, 0.29) is 107 Å². The van der Waals surface area contributed by atoms with Crippen LogP contribution in [0.3, 0.4) is 0 Å². The Morgan fingerprint density at radius 1 is 0.476 bits per heavy atom. The number of carbonyl (C=O) groups excluding carboxylic acids is 7. The molecule has 0 fully saturated rings. The van der Waals surface area contributed by atoms with Crippen molar-refractivity contribution in [1.29, 1.82) is 0 Å². The number of unbranched alkanes of at least 4 members (excludes halogenated alkanes) is 12. The third-order valence-electron chi connectivity index (χ3n) is 9.84. The number of aliphatic hydroxyl groups excluding tert-OH is 1. The van der Waals surface area contributed by atoms with E-state index in [1.165, 1.54) is 38.5 Å². The van der Waals surface area contributed by atoms with Crippen LogP contribution in [0.15, 0.2) is 0 Å². The van der Waals surface area contributed by atoms with Crippen molar-refractivity contribution in [3.05, 3.63) is 0 Å². The number of hydrogen-bond acceptors (Lipinski definition) is 19. The minimum absolute atomic E-state index is 0. The number of thiol groups is 1. The standard InChI is InChI=1S/C38H67N6O11P.C4H10.2C2H6S2.2C2H6.2CH2O2.CH4O.FH.H2OS.H2S/c45-27-13-9-7-5-3-1-2-4-6-8-10-17-32(47)40-25-14-18-35(50)43-31(38(54)55)21-23-34(49)41-26-15-19-36(51)42-30(37(52)53)20-22-33(48)39-24-12-11-16-29(28-46)44-56;3*1-3-4-2;2*1-2;2*2-1-3;1-2;;1-2;/h27-31,44H,1-26,56H2,(H,39,48)(H,40,47)(H,41,49)(H,42,51)(H,43,50)(H,52,53)(H,54,55);3-4H2,1-2H3;2*1-2H3;2*1-2H3;2*1H,(H,2,3);2H,1H3;1H;1-2H;1H2. The molecule has 23 nitrogen and oxygen atoms in total. The third kappa shape index (κ3) is 110. The van der Waals surface area contributed by atoms with Crippen LogP contribution in [0, 0.1) is 0 Å². The van der Waals surface area contributed by atoms with Crippen LogP contribution >= 0.6 is 79.0 Å². The van der Waals surface area contributed by atoms with Gasteiger partial charge in [0.05, 0.1) is 6.04 Å². The van der Waals surface area contributed by atoms with Crippen LogP contribution < -0.4 is 31.7 Å². The fraction of sp³-hybridized carbons (Fsp3) is 0.792. The van der Waals surface area contributed by atoms with Gasteiger partial charge in [-0.05, 0) is 95.7 Å². The lowest BCUT2D eigenvalue weighted by molar-refractivity contribution is -0.142. The number of carboxylic acid groups (broad SMARTS) is 4. The number of hydrogen-bond donors (Lipinski definition) is 13. The highest BCUT2D eigenvalue weighted by molar-refractivity contribution is 8.76. The van der Waals surface area contributed by atoms with E-state index in [1.807, 2.05) is 27.7 Å². The Kier molecular flexibility index (Phi) is 136. The maximum Gasteiger partial charge on any atom is 0.326 e. The molecule has 5 amide bonds. The number of carbonyl (C=O) groups is 11. The Hall–Kier alpha value is -3.09. The molecule has 31 heteroatoms. The SMILES string of the molecule is CC.CC.CCCC.CO.CSSC.CSSC.F.O=CCCCCCCCCCCCCC(=O)NCCCC(=O)NC(CCC(=O)NCCCC(=O)NC(CCC(=O)NCCCCC(C=O)NP)C(=O)O)C(=O)O.O=CO.O=CO.OS.S. The van der Waals surface area contributed by atoms with Gasteiger partial charge in [0.15, 0.2) is 0 Å². The first kappa shape index (κ1) is 109. The number of carboxylic acids is 2. The van der Waals surface area contributed by atoms with Crippen molar-refractivity contribution in [1.82, 2.24) is 31.7 Å². The third-order valence-corrected chi connectivity index (χ3v) is 12.9.